The summed E-state index contributed by atoms with van der Waals surface area (Å²) in [5.74, 6) is -0.814. The molecule has 1 aromatic heterocycles. The maximum atomic E-state index is 12.2. The van der Waals surface area contributed by atoms with Crippen molar-refractivity contribution in [1.29, 1.82) is 0 Å². The zero-order valence-electron chi connectivity index (χ0n) is 15.1. The molecule has 0 unspecified atom stereocenters. The van der Waals surface area contributed by atoms with Gasteiger partial charge >= 0.3 is 5.97 Å². The van der Waals surface area contributed by atoms with Crippen LogP contribution < -0.4 is 5.32 Å². The Bertz CT molecular complexity index is 946. The monoisotopic (exact) mass is 392 g/mol. The third-order valence-corrected chi connectivity index (χ3v) is 5.35. The quantitative estimate of drug-likeness (QED) is 0.571. The van der Waals surface area contributed by atoms with E-state index in [-0.39, 0.29) is 4.90 Å². The number of sulfonamides is 1. The van der Waals surface area contributed by atoms with Crippen molar-refractivity contribution < 1.29 is 27.2 Å². The molecule has 0 aliphatic heterocycles. The van der Waals surface area contributed by atoms with Crippen molar-refractivity contribution >= 4 is 33.7 Å². The largest absolute Gasteiger partial charge is 0.465 e. The maximum absolute atomic E-state index is 12.2. The van der Waals surface area contributed by atoms with E-state index in [2.05, 4.69) is 5.32 Å². The summed E-state index contributed by atoms with van der Waals surface area (Å²) in [6, 6.07) is 7.74. The molecule has 0 spiro atoms. The Hall–Kier alpha value is -2.91. The van der Waals surface area contributed by atoms with Crippen LogP contribution in [0.15, 0.2) is 52.0 Å². The average molecular weight is 392 g/mol. The van der Waals surface area contributed by atoms with Gasteiger partial charge in [-0.25, -0.2) is 17.5 Å². The minimum atomic E-state index is -3.63. The number of benzene rings is 1. The van der Waals surface area contributed by atoms with E-state index in [1.54, 1.807) is 25.1 Å². The van der Waals surface area contributed by atoms with Gasteiger partial charge in [0.2, 0.25) is 10.0 Å². The smallest absolute Gasteiger partial charge is 0.331 e. The fourth-order valence-electron chi connectivity index (χ4n) is 2.01. The van der Waals surface area contributed by atoms with Crippen molar-refractivity contribution in [2.75, 3.05) is 26.0 Å². The van der Waals surface area contributed by atoms with Crippen LogP contribution in [0.2, 0.25) is 0 Å². The average Bonchev–Trinajstić information content (AvgIpc) is 3.13. The lowest BCUT2D eigenvalue weighted by molar-refractivity contribution is -0.142. The number of ether oxygens (including phenoxy) is 1. The summed E-state index contributed by atoms with van der Waals surface area (Å²) in [6.45, 7) is 1.21. The van der Waals surface area contributed by atoms with Crippen LogP contribution in [0.5, 0.6) is 0 Å². The van der Waals surface area contributed by atoms with Crippen LogP contribution in [0.1, 0.15) is 11.3 Å². The first kappa shape index (κ1) is 20.4. The SMILES string of the molecule is Cc1ccc(S(=O)(=O)N(C)C)cc1NC(=O)COC(=O)/C=C/c1ccco1. The van der Waals surface area contributed by atoms with Gasteiger partial charge in [-0.15, -0.1) is 0 Å². The summed E-state index contributed by atoms with van der Waals surface area (Å²) in [6.07, 6.45) is 4.02. The highest BCUT2D eigenvalue weighted by atomic mass is 32.2. The minimum Gasteiger partial charge on any atom is -0.465 e. The van der Waals surface area contributed by atoms with E-state index in [1.165, 1.54) is 38.6 Å². The molecule has 1 amide bonds. The fourth-order valence-corrected chi connectivity index (χ4v) is 2.94. The van der Waals surface area contributed by atoms with Gasteiger partial charge in [0.05, 0.1) is 11.2 Å². The van der Waals surface area contributed by atoms with Gasteiger partial charge in [0.1, 0.15) is 5.76 Å². The molecule has 2 rings (SSSR count). The van der Waals surface area contributed by atoms with E-state index in [4.69, 9.17) is 9.15 Å². The lowest BCUT2D eigenvalue weighted by Gasteiger charge is -2.14. The number of amides is 1. The standard InChI is InChI=1S/C18H20N2O6S/c1-13-6-8-15(27(23,24)20(2)3)11-16(13)19-17(21)12-26-18(22)9-7-14-5-4-10-25-14/h4-11H,12H2,1-3H3,(H,19,21)/b9-7+. The molecule has 0 atom stereocenters. The molecule has 1 N–H and O–H groups in total. The summed E-state index contributed by atoms with van der Waals surface area (Å²) in [4.78, 5) is 23.7. The molecule has 2 aromatic rings. The van der Waals surface area contributed by atoms with Crippen molar-refractivity contribution in [1.82, 2.24) is 4.31 Å². The lowest BCUT2D eigenvalue weighted by Crippen LogP contribution is -2.23. The maximum Gasteiger partial charge on any atom is 0.331 e. The highest BCUT2D eigenvalue weighted by Crippen LogP contribution is 2.22. The number of carbonyl (C=O) groups excluding carboxylic acids is 2. The second-order valence-electron chi connectivity index (χ2n) is 5.77. The lowest BCUT2D eigenvalue weighted by atomic mass is 10.2. The number of aryl methyl sites for hydroxylation is 1. The number of hydrogen-bond donors (Lipinski definition) is 1. The second kappa shape index (κ2) is 8.65. The van der Waals surface area contributed by atoms with Crippen LogP contribution in [0, 0.1) is 6.92 Å². The first-order valence-electron chi connectivity index (χ1n) is 7.91. The normalized spacial score (nSPS) is 11.7. The summed E-state index contributed by atoms with van der Waals surface area (Å²) >= 11 is 0. The molecule has 0 fully saturated rings. The van der Waals surface area contributed by atoms with E-state index in [0.717, 1.165) is 10.4 Å². The topological polar surface area (TPSA) is 106 Å². The number of carbonyl (C=O) groups is 2. The first-order chi connectivity index (χ1) is 12.7. The Morgan fingerprint density at radius 2 is 2.00 bits per heavy atom. The molecule has 0 saturated carbocycles. The van der Waals surface area contributed by atoms with Gasteiger partial charge in [0, 0.05) is 25.9 Å². The van der Waals surface area contributed by atoms with E-state index in [1.807, 2.05) is 0 Å². The summed E-state index contributed by atoms with van der Waals surface area (Å²) < 4.78 is 35.3. The number of anilines is 1. The van der Waals surface area contributed by atoms with Gasteiger partial charge < -0.3 is 14.5 Å². The Balaban J connectivity index is 1.98. The van der Waals surface area contributed by atoms with E-state index in [9.17, 15) is 18.0 Å². The molecule has 1 aromatic carbocycles. The van der Waals surface area contributed by atoms with E-state index >= 15 is 0 Å². The highest BCUT2D eigenvalue weighted by molar-refractivity contribution is 7.89. The number of esters is 1. The van der Waals surface area contributed by atoms with E-state index < -0.39 is 28.5 Å². The molecule has 1 heterocycles. The molecular formula is C18H20N2O6S. The van der Waals surface area contributed by atoms with Crippen molar-refractivity contribution in [3.8, 4) is 0 Å². The highest BCUT2D eigenvalue weighted by Gasteiger charge is 2.18. The van der Waals surface area contributed by atoms with Gasteiger partial charge in [0.15, 0.2) is 6.61 Å². The Kier molecular flexibility index (Phi) is 6.54. The molecule has 8 nitrogen and oxygen atoms in total. The van der Waals surface area contributed by atoms with Gasteiger partial charge in [0.25, 0.3) is 5.91 Å². The molecular weight excluding hydrogens is 372 g/mol. The summed E-state index contributed by atoms with van der Waals surface area (Å²) in [5.41, 5.74) is 0.996. The molecule has 9 heteroatoms. The number of hydrogen-bond acceptors (Lipinski definition) is 6. The molecule has 0 bridgehead atoms. The van der Waals surface area contributed by atoms with Gasteiger partial charge in [-0.05, 0) is 42.8 Å². The van der Waals surface area contributed by atoms with Crippen LogP contribution in [-0.4, -0.2) is 45.3 Å². The van der Waals surface area contributed by atoms with Gasteiger partial charge in [-0.2, -0.15) is 0 Å². The van der Waals surface area contributed by atoms with Crippen LogP contribution in [0.3, 0.4) is 0 Å². The van der Waals surface area contributed by atoms with Crippen LogP contribution >= 0.6 is 0 Å². The third kappa shape index (κ3) is 5.53. The molecule has 0 aliphatic carbocycles. The van der Waals surface area contributed by atoms with Crippen LogP contribution in [0.4, 0.5) is 5.69 Å². The Labute approximate surface area is 157 Å². The molecule has 0 aliphatic rings. The molecule has 27 heavy (non-hydrogen) atoms. The number of nitrogens with zero attached hydrogens (tertiary/aromatic N) is 1. The second-order valence-corrected chi connectivity index (χ2v) is 7.92. The van der Waals surface area contributed by atoms with Crippen molar-refractivity contribution in [3.63, 3.8) is 0 Å². The summed E-state index contributed by atoms with van der Waals surface area (Å²) in [7, 11) is -0.788. The summed E-state index contributed by atoms with van der Waals surface area (Å²) in [5, 5.41) is 2.54. The van der Waals surface area contributed by atoms with Crippen LogP contribution in [-0.2, 0) is 24.3 Å². The predicted octanol–water partition coefficient (Wildman–Crippen LogP) is 2.03. The number of furan rings is 1. The van der Waals surface area contributed by atoms with Gasteiger partial charge in [-0.1, -0.05) is 6.07 Å². The first-order valence-corrected chi connectivity index (χ1v) is 9.35. The molecule has 0 radical (unpaired) electrons. The van der Waals surface area contributed by atoms with Crippen molar-refractivity contribution in [2.24, 2.45) is 0 Å². The Morgan fingerprint density at radius 1 is 1.26 bits per heavy atom. The van der Waals surface area contributed by atoms with Gasteiger partial charge in [-0.3, -0.25) is 4.79 Å². The van der Waals surface area contributed by atoms with Crippen LogP contribution in [0.25, 0.3) is 6.08 Å². The number of nitrogens with one attached hydrogen (secondary N) is 1. The zero-order valence-corrected chi connectivity index (χ0v) is 15.9. The predicted molar refractivity (Wildman–Crippen MR) is 99.4 cm³/mol. The Morgan fingerprint density at radius 3 is 2.63 bits per heavy atom. The minimum absolute atomic E-state index is 0.0479. The van der Waals surface area contributed by atoms with Crippen molar-refractivity contribution in [2.45, 2.75) is 11.8 Å². The third-order valence-electron chi connectivity index (χ3n) is 3.53. The zero-order chi connectivity index (χ0) is 20.0. The fraction of sp³-hybridized carbons (Fsp3) is 0.222. The number of rotatable bonds is 7. The molecule has 0 saturated heterocycles. The van der Waals surface area contributed by atoms with Crippen molar-refractivity contribution in [3.05, 3.63) is 54.0 Å². The molecule has 144 valence electrons. The van der Waals surface area contributed by atoms with E-state index in [0.29, 0.717) is 17.0 Å².